The highest BCUT2D eigenvalue weighted by Crippen LogP contribution is 2.37. The third-order valence-electron chi connectivity index (χ3n) is 5.79. The minimum absolute atomic E-state index is 0.621. The number of nitrogens with zero attached hydrogens (tertiary/aromatic N) is 2. The monoisotopic (exact) mass is 422 g/mol. The number of aromatic nitrogens is 1. The second-order valence-corrected chi connectivity index (χ2v) is 9.17. The Hall–Kier alpha value is -2.21. The molecule has 2 aromatic carbocycles. The lowest BCUT2D eigenvalue weighted by Gasteiger charge is -2.24. The van der Waals surface area contributed by atoms with Gasteiger partial charge in [-0.05, 0) is 50.4 Å². The fourth-order valence-electron chi connectivity index (χ4n) is 4.03. The van der Waals surface area contributed by atoms with Gasteiger partial charge in [0.05, 0.1) is 12.3 Å². The van der Waals surface area contributed by atoms with E-state index in [1.54, 1.807) is 11.3 Å². The van der Waals surface area contributed by atoms with Crippen LogP contribution in [-0.4, -0.2) is 34.7 Å². The van der Waals surface area contributed by atoms with E-state index in [1.807, 2.05) is 37.3 Å². The molecule has 0 amide bonds. The summed E-state index contributed by atoms with van der Waals surface area (Å²) in [5.74, 6) is 0.890. The van der Waals surface area contributed by atoms with Crippen molar-refractivity contribution in [1.29, 1.82) is 0 Å². The lowest BCUT2D eigenvalue weighted by Crippen LogP contribution is -2.29. The fourth-order valence-corrected chi connectivity index (χ4v) is 5.21. The number of para-hydroxylation sites is 1. The summed E-state index contributed by atoms with van der Waals surface area (Å²) in [6.07, 6.45) is 3.29. The van der Waals surface area contributed by atoms with Gasteiger partial charge in [-0.3, -0.25) is 4.90 Å². The van der Waals surface area contributed by atoms with Gasteiger partial charge in [-0.15, -0.1) is 11.3 Å². The van der Waals surface area contributed by atoms with E-state index < -0.39 is 5.60 Å². The zero-order chi connectivity index (χ0) is 20.8. The molecule has 5 heteroatoms. The Morgan fingerprint density at radius 2 is 1.77 bits per heavy atom. The molecule has 0 radical (unpaired) electrons. The lowest BCUT2D eigenvalue weighted by atomic mass is 9.96. The van der Waals surface area contributed by atoms with Gasteiger partial charge >= 0.3 is 0 Å². The molecule has 158 valence electrons. The number of benzene rings is 2. The Balaban J connectivity index is 1.36. The van der Waals surface area contributed by atoms with Crippen molar-refractivity contribution in [2.75, 3.05) is 19.7 Å². The summed E-state index contributed by atoms with van der Waals surface area (Å²) in [6, 6.07) is 20.5. The molecule has 1 aliphatic heterocycles. The predicted molar refractivity (Wildman–Crippen MR) is 122 cm³/mol. The first-order valence-corrected chi connectivity index (χ1v) is 11.6. The molecule has 1 aromatic heterocycles. The zero-order valence-electron chi connectivity index (χ0n) is 17.6. The Labute approximate surface area is 183 Å². The molecule has 0 saturated carbocycles. The molecular weight excluding hydrogens is 392 g/mol. The summed E-state index contributed by atoms with van der Waals surface area (Å²) >= 11 is 1.65. The first kappa shape index (κ1) is 21.0. The van der Waals surface area contributed by atoms with Crippen LogP contribution in [0.25, 0.3) is 0 Å². The normalized spacial score (nSPS) is 20.1. The van der Waals surface area contributed by atoms with E-state index in [4.69, 9.17) is 9.72 Å². The second-order valence-electron chi connectivity index (χ2n) is 8.09. The van der Waals surface area contributed by atoms with Gasteiger partial charge in [0.25, 0.3) is 0 Å². The minimum atomic E-state index is -0.820. The molecule has 1 unspecified atom stereocenters. The molecule has 4 rings (SSSR count). The number of ether oxygens (including phenoxy) is 1. The van der Waals surface area contributed by atoms with Crippen LogP contribution in [0.2, 0.25) is 0 Å². The van der Waals surface area contributed by atoms with Gasteiger partial charge in [0.2, 0.25) is 0 Å². The number of thiazole rings is 1. The first-order valence-electron chi connectivity index (χ1n) is 10.8. The number of likely N-dealkylation sites (tertiary alicyclic amines) is 1. The van der Waals surface area contributed by atoms with Crippen molar-refractivity contribution in [2.24, 2.45) is 0 Å². The molecular formula is C25H30N2O2S. The van der Waals surface area contributed by atoms with Crippen molar-refractivity contribution in [2.45, 2.75) is 44.8 Å². The number of hydrogen-bond acceptors (Lipinski definition) is 5. The van der Waals surface area contributed by atoms with Gasteiger partial charge in [-0.25, -0.2) is 4.98 Å². The summed E-state index contributed by atoms with van der Waals surface area (Å²) in [5, 5.41) is 12.3. The zero-order valence-corrected chi connectivity index (χ0v) is 18.4. The minimum Gasteiger partial charge on any atom is -0.493 e. The number of hydrogen-bond donors (Lipinski definition) is 1. The van der Waals surface area contributed by atoms with Crippen molar-refractivity contribution in [1.82, 2.24) is 9.88 Å². The van der Waals surface area contributed by atoms with Gasteiger partial charge in [0.15, 0.2) is 0 Å². The summed E-state index contributed by atoms with van der Waals surface area (Å²) in [6.45, 7) is 5.50. The highest BCUT2D eigenvalue weighted by atomic mass is 32.1. The van der Waals surface area contributed by atoms with E-state index >= 15 is 0 Å². The van der Waals surface area contributed by atoms with E-state index in [9.17, 15) is 5.11 Å². The topological polar surface area (TPSA) is 45.6 Å². The van der Waals surface area contributed by atoms with Crippen molar-refractivity contribution < 1.29 is 9.84 Å². The van der Waals surface area contributed by atoms with E-state index in [0.717, 1.165) is 61.8 Å². The molecule has 2 heterocycles. The van der Waals surface area contributed by atoms with Crippen LogP contribution in [0.15, 0.2) is 60.7 Å². The van der Waals surface area contributed by atoms with E-state index in [0.29, 0.717) is 6.61 Å². The van der Waals surface area contributed by atoms with Crippen LogP contribution in [0.1, 0.15) is 40.4 Å². The van der Waals surface area contributed by atoms with Crippen LogP contribution in [0.5, 0.6) is 5.75 Å². The number of aliphatic hydroxyl groups is 1. The fraction of sp³-hybridized carbons (Fsp3) is 0.400. The quantitative estimate of drug-likeness (QED) is 0.585. The third-order valence-corrected chi connectivity index (χ3v) is 7.20. The highest BCUT2D eigenvalue weighted by Gasteiger charge is 2.35. The van der Waals surface area contributed by atoms with Crippen LogP contribution >= 0.6 is 11.3 Å². The standard InChI is InChI=1S/C25H30N2O2S/c1-20-23(13-18-29-22-11-6-3-7-12-22)30-24(26-20)25(28)14-8-16-27(17-15-25)19-21-9-4-2-5-10-21/h2-7,9-12,28H,8,13-19H2,1H3. The maximum Gasteiger partial charge on any atom is 0.125 e. The van der Waals surface area contributed by atoms with Gasteiger partial charge in [0, 0.05) is 24.4 Å². The molecule has 3 aromatic rings. The van der Waals surface area contributed by atoms with E-state index in [-0.39, 0.29) is 0 Å². The highest BCUT2D eigenvalue weighted by molar-refractivity contribution is 7.11. The maximum atomic E-state index is 11.4. The van der Waals surface area contributed by atoms with E-state index in [1.165, 1.54) is 10.4 Å². The Morgan fingerprint density at radius 3 is 2.53 bits per heavy atom. The van der Waals surface area contributed by atoms with Crippen LogP contribution in [0.3, 0.4) is 0 Å². The number of aryl methyl sites for hydroxylation is 1. The van der Waals surface area contributed by atoms with Crippen LogP contribution in [0.4, 0.5) is 0 Å². The largest absolute Gasteiger partial charge is 0.493 e. The molecule has 30 heavy (non-hydrogen) atoms. The molecule has 1 fully saturated rings. The lowest BCUT2D eigenvalue weighted by molar-refractivity contribution is 0.0207. The van der Waals surface area contributed by atoms with Gasteiger partial charge in [0.1, 0.15) is 16.4 Å². The molecule has 0 spiro atoms. The Bertz CT molecular complexity index is 929. The van der Waals surface area contributed by atoms with Crippen LogP contribution in [-0.2, 0) is 18.6 Å². The van der Waals surface area contributed by atoms with Gasteiger partial charge < -0.3 is 9.84 Å². The van der Waals surface area contributed by atoms with Crippen LogP contribution in [0, 0.1) is 6.92 Å². The second kappa shape index (κ2) is 9.73. The first-order chi connectivity index (χ1) is 14.6. The van der Waals surface area contributed by atoms with Gasteiger partial charge in [-0.1, -0.05) is 48.5 Å². The van der Waals surface area contributed by atoms with Crippen LogP contribution < -0.4 is 4.74 Å². The smallest absolute Gasteiger partial charge is 0.125 e. The van der Waals surface area contributed by atoms with Crippen molar-refractivity contribution in [3.63, 3.8) is 0 Å². The summed E-state index contributed by atoms with van der Waals surface area (Å²) < 4.78 is 5.85. The SMILES string of the molecule is Cc1nc(C2(O)CCCN(Cc3ccccc3)CC2)sc1CCOc1ccccc1. The molecule has 0 bridgehead atoms. The third kappa shape index (κ3) is 5.28. The maximum absolute atomic E-state index is 11.4. The average molecular weight is 423 g/mol. The Kier molecular flexibility index (Phi) is 6.82. The van der Waals surface area contributed by atoms with Crippen molar-refractivity contribution in [3.05, 3.63) is 81.8 Å². The molecule has 1 atom stereocenters. The Morgan fingerprint density at radius 1 is 1.03 bits per heavy atom. The number of rotatable bonds is 7. The van der Waals surface area contributed by atoms with Crippen molar-refractivity contribution >= 4 is 11.3 Å². The molecule has 1 N–H and O–H groups in total. The van der Waals surface area contributed by atoms with Crippen molar-refractivity contribution in [3.8, 4) is 5.75 Å². The summed E-state index contributed by atoms with van der Waals surface area (Å²) in [5.41, 5.74) is 1.53. The van der Waals surface area contributed by atoms with E-state index in [2.05, 4.69) is 35.2 Å². The molecule has 0 aliphatic carbocycles. The summed E-state index contributed by atoms with van der Waals surface area (Å²) in [4.78, 5) is 8.43. The molecule has 1 aliphatic rings. The summed E-state index contributed by atoms with van der Waals surface area (Å²) in [7, 11) is 0. The molecule has 4 nitrogen and oxygen atoms in total. The predicted octanol–water partition coefficient (Wildman–Crippen LogP) is 4.95. The van der Waals surface area contributed by atoms with Gasteiger partial charge in [-0.2, -0.15) is 0 Å². The molecule has 1 saturated heterocycles. The average Bonchev–Trinajstić information content (AvgIpc) is 3.04.